The summed E-state index contributed by atoms with van der Waals surface area (Å²) in [5.41, 5.74) is 6.73. The topological polar surface area (TPSA) is 76.9 Å². The zero-order chi connectivity index (χ0) is 11.5. The van der Waals surface area contributed by atoms with Crippen molar-refractivity contribution in [2.24, 2.45) is 7.05 Å². The van der Waals surface area contributed by atoms with E-state index in [9.17, 15) is 0 Å². The van der Waals surface area contributed by atoms with E-state index >= 15 is 0 Å². The fourth-order valence-corrected chi connectivity index (χ4v) is 1.27. The normalized spacial score (nSPS) is 9.75. The van der Waals surface area contributed by atoms with Crippen molar-refractivity contribution in [3.05, 3.63) is 36.2 Å². The maximum atomic E-state index is 8.76. The van der Waals surface area contributed by atoms with Crippen molar-refractivity contribution in [2.45, 2.75) is 0 Å². The Morgan fingerprint density at radius 3 is 2.94 bits per heavy atom. The molecule has 0 aliphatic carbocycles. The number of nitrogens with two attached hydrogens (primary N) is 1. The van der Waals surface area contributed by atoms with Crippen LogP contribution in [0.2, 0.25) is 0 Å². The number of nitriles is 1. The third-order valence-corrected chi connectivity index (χ3v) is 2.05. The largest absolute Gasteiger partial charge is 0.452 e. The molecule has 5 heteroatoms. The highest BCUT2D eigenvalue weighted by Gasteiger charge is 2.05. The van der Waals surface area contributed by atoms with Gasteiger partial charge in [0.25, 0.3) is 0 Å². The molecule has 80 valence electrons. The van der Waals surface area contributed by atoms with Crippen LogP contribution in [0.5, 0.6) is 11.5 Å². The number of anilines is 1. The zero-order valence-electron chi connectivity index (χ0n) is 8.71. The molecule has 0 saturated heterocycles. The first-order valence-electron chi connectivity index (χ1n) is 4.65. The molecule has 16 heavy (non-hydrogen) atoms. The lowest BCUT2D eigenvalue weighted by Gasteiger charge is -2.05. The van der Waals surface area contributed by atoms with Crippen LogP contribution in [0.1, 0.15) is 5.56 Å². The van der Waals surface area contributed by atoms with Gasteiger partial charge in [0.2, 0.25) is 0 Å². The van der Waals surface area contributed by atoms with Gasteiger partial charge in [-0.15, -0.1) is 0 Å². The summed E-state index contributed by atoms with van der Waals surface area (Å²) in [5, 5.41) is 12.7. The molecule has 2 rings (SSSR count). The van der Waals surface area contributed by atoms with Crippen molar-refractivity contribution in [2.75, 3.05) is 5.73 Å². The maximum absolute atomic E-state index is 8.76. The number of nitrogens with zero attached hydrogens (tertiary/aromatic N) is 3. The van der Waals surface area contributed by atoms with Gasteiger partial charge in [0.05, 0.1) is 29.7 Å². The van der Waals surface area contributed by atoms with E-state index in [1.807, 2.05) is 6.07 Å². The second-order valence-electron chi connectivity index (χ2n) is 3.32. The van der Waals surface area contributed by atoms with Crippen LogP contribution in [0.15, 0.2) is 30.6 Å². The summed E-state index contributed by atoms with van der Waals surface area (Å²) in [6.45, 7) is 0. The van der Waals surface area contributed by atoms with Gasteiger partial charge in [0.15, 0.2) is 11.5 Å². The maximum Gasteiger partial charge on any atom is 0.165 e. The van der Waals surface area contributed by atoms with E-state index in [4.69, 9.17) is 15.7 Å². The number of aryl methyl sites for hydroxylation is 1. The number of nitrogen functional groups attached to an aromatic ring is 1. The van der Waals surface area contributed by atoms with Crippen LogP contribution in [0, 0.1) is 11.3 Å². The number of aromatic nitrogens is 2. The standard InChI is InChI=1S/C11H10N4O/c1-15-7-9(6-14-15)16-11-4-8(5-12)2-3-10(11)13/h2-4,6-7H,13H2,1H3. The van der Waals surface area contributed by atoms with Gasteiger partial charge < -0.3 is 10.5 Å². The first kappa shape index (κ1) is 10.1. The fraction of sp³-hybridized carbons (Fsp3) is 0.0909. The minimum absolute atomic E-state index is 0.465. The molecule has 1 heterocycles. The van der Waals surface area contributed by atoms with Crippen molar-refractivity contribution in [1.29, 1.82) is 5.26 Å². The third-order valence-electron chi connectivity index (χ3n) is 2.05. The van der Waals surface area contributed by atoms with Crippen molar-refractivity contribution in [1.82, 2.24) is 9.78 Å². The molecule has 2 N–H and O–H groups in total. The summed E-state index contributed by atoms with van der Waals surface area (Å²) in [4.78, 5) is 0. The highest BCUT2D eigenvalue weighted by molar-refractivity contribution is 5.57. The first-order chi connectivity index (χ1) is 7.69. The van der Waals surface area contributed by atoms with Gasteiger partial charge in [-0.1, -0.05) is 0 Å². The highest BCUT2D eigenvalue weighted by Crippen LogP contribution is 2.27. The Balaban J connectivity index is 2.30. The van der Waals surface area contributed by atoms with Gasteiger partial charge >= 0.3 is 0 Å². The lowest BCUT2D eigenvalue weighted by atomic mass is 10.2. The Morgan fingerprint density at radius 2 is 2.31 bits per heavy atom. The number of hydrogen-bond donors (Lipinski definition) is 1. The van der Waals surface area contributed by atoms with Crippen LogP contribution in [0.3, 0.4) is 0 Å². The molecule has 1 aromatic carbocycles. The Morgan fingerprint density at radius 1 is 1.50 bits per heavy atom. The molecule has 0 saturated carbocycles. The molecule has 5 nitrogen and oxygen atoms in total. The first-order valence-corrected chi connectivity index (χ1v) is 4.65. The lowest BCUT2D eigenvalue weighted by Crippen LogP contribution is -1.92. The molecule has 0 spiro atoms. The fourth-order valence-electron chi connectivity index (χ4n) is 1.27. The van der Waals surface area contributed by atoms with Gasteiger partial charge in [-0.25, -0.2) is 0 Å². The average molecular weight is 214 g/mol. The summed E-state index contributed by atoms with van der Waals surface area (Å²) in [5.74, 6) is 1.05. The summed E-state index contributed by atoms with van der Waals surface area (Å²) in [6.07, 6.45) is 3.30. The molecule has 0 amide bonds. The van der Waals surface area contributed by atoms with Gasteiger partial charge in [0, 0.05) is 13.1 Å². The van der Waals surface area contributed by atoms with Gasteiger partial charge in [0.1, 0.15) is 0 Å². The van der Waals surface area contributed by atoms with Crippen LogP contribution in [0.25, 0.3) is 0 Å². The Bertz CT molecular complexity index is 553. The van der Waals surface area contributed by atoms with Crippen molar-refractivity contribution in [3.8, 4) is 17.6 Å². The molecule has 1 aromatic heterocycles. The highest BCUT2D eigenvalue weighted by atomic mass is 16.5. The zero-order valence-corrected chi connectivity index (χ0v) is 8.71. The number of benzene rings is 1. The Hall–Kier alpha value is -2.48. The van der Waals surface area contributed by atoms with Gasteiger partial charge in [-0.2, -0.15) is 10.4 Å². The van der Waals surface area contributed by atoms with E-state index in [2.05, 4.69) is 5.10 Å². The molecule has 0 aliphatic rings. The van der Waals surface area contributed by atoms with Crippen molar-refractivity contribution >= 4 is 5.69 Å². The van der Waals surface area contributed by atoms with Crippen LogP contribution in [0.4, 0.5) is 5.69 Å². The van der Waals surface area contributed by atoms with E-state index in [0.717, 1.165) is 0 Å². The minimum Gasteiger partial charge on any atom is -0.452 e. The summed E-state index contributed by atoms with van der Waals surface area (Å²) in [6, 6.07) is 6.92. The van der Waals surface area contributed by atoms with Crippen molar-refractivity contribution in [3.63, 3.8) is 0 Å². The van der Waals surface area contributed by atoms with Gasteiger partial charge in [-0.3, -0.25) is 4.68 Å². The summed E-state index contributed by atoms with van der Waals surface area (Å²) >= 11 is 0. The molecule has 0 radical (unpaired) electrons. The molecule has 0 fully saturated rings. The van der Waals surface area contributed by atoms with E-state index in [0.29, 0.717) is 22.7 Å². The summed E-state index contributed by atoms with van der Waals surface area (Å²) in [7, 11) is 1.79. The quantitative estimate of drug-likeness (QED) is 0.771. The molecule has 0 atom stereocenters. The lowest BCUT2D eigenvalue weighted by molar-refractivity contribution is 0.484. The van der Waals surface area contributed by atoms with Crippen LogP contribution >= 0.6 is 0 Å². The van der Waals surface area contributed by atoms with Crippen LogP contribution < -0.4 is 10.5 Å². The SMILES string of the molecule is Cn1cc(Oc2cc(C#N)ccc2N)cn1. The Labute approximate surface area is 92.7 Å². The van der Waals surface area contributed by atoms with E-state index < -0.39 is 0 Å². The van der Waals surface area contributed by atoms with Crippen LogP contribution in [-0.2, 0) is 7.05 Å². The van der Waals surface area contributed by atoms with E-state index in [1.54, 1.807) is 42.3 Å². The van der Waals surface area contributed by atoms with E-state index in [-0.39, 0.29) is 0 Å². The smallest absolute Gasteiger partial charge is 0.165 e. The van der Waals surface area contributed by atoms with Crippen molar-refractivity contribution < 1.29 is 4.74 Å². The molecule has 0 bridgehead atoms. The number of hydrogen-bond acceptors (Lipinski definition) is 4. The predicted octanol–water partition coefficient (Wildman–Crippen LogP) is 1.67. The average Bonchev–Trinajstić information content (AvgIpc) is 2.67. The van der Waals surface area contributed by atoms with Gasteiger partial charge in [-0.05, 0) is 12.1 Å². The monoisotopic (exact) mass is 214 g/mol. The second-order valence-corrected chi connectivity index (χ2v) is 3.32. The minimum atomic E-state index is 0.465. The molecule has 2 aromatic rings. The second kappa shape index (κ2) is 3.95. The molecule has 0 unspecified atom stereocenters. The number of ether oxygens (including phenoxy) is 1. The van der Waals surface area contributed by atoms with E-state index in [1.165, 1.54) is 0 Å². The third kappa shape index (κ3) is 1.96. The summed E-state index contributed by atoms with van der Waals surface area (Å²) < 4.78 is 7.14. The Kier molecular flexibility index (Phi) is 2.48. The molecular weight excluding hydrogens is 204 g/mol. The molecular formula is C11H10N4O. The molecule has 0 aliphatic heterocycles. The predicted molar refractivity (Wildman–Crippen MR) is 58.9 cm³/mol. The number of rotatable bonds is 2. The van der Waals surface area contributed by atoms with Crippen LogP contribution in [-0.4, -0.2) is 9.78 Å².